The molecule has 0 unspecified atom stereocenters. The van der Waals surface area contributed by atoms with Gasteiger partial charge in [0.05, 0.1) is 43.5 Å². The van der Waals surface area contributed by atoms with Crippen LogP contribution < -0.4 is 21.5 Å². The van der Waals surface area contributed by atoms with Crippen LogP contribution in [0.4, 0.5) is 26.0 Å². The topological polar surface area (TPSA) is 134 Å². The number of nitrogens with zero attached hydrogens (tertiary/aromatic N) is 7. The van der Waals surface area contributed by atoms with Crippen molar-refractivity contribution >= 4 is 48.1 Å². The number of fused-ring (bicyclic) bond motifs is 1. The van der Waals surface area contributed by atoms with Gasteiger partial charge in [-0.15, -0.1) is 5.10 Å². The maximum atomic E-state index is 15.1. The van der Waals surface area contributed by atoms with Gasteiger partial charge in [0.1, 0.15) is 19.1 Å². The van der Waals surface area contributed by atoms with Gasteiger partial charge in [-0.05, 0) is 12.8 Å². The number of rotatable bonds is 5. The molecule has 40 heavy (non-hydrogen) atoms. The van der Waals surface area contributed by atoms with Crippen molar-refractivity contribution in [2.45, 2.75) is 18.9 Å². The van der Waals surface area contributed by atoms with Crippen LogP contribution in [0.2, 0.25) is 0 Å². The quantitative estimate of drug-likeness (QED) is 0.414. The van der Waals surface area contributed by atoms with E-state index < -0.39 is 23.1 Å². The Hall–Kier alpha value is -3.85. The fraction of sp³-hybridized carbons (Fsp3) is 0.480. The molecule has 208 valence electrons. The first-order valence-corrected chi connectivity index (χ1v) is 13.2. The van der Waals surface area contributed by atoms with Crippen molar-refractivity contribution in [3.8, 4) is 0 Å². The third-order valence-corrected chi connectivity index (χ3v) is 7.89. The summed E-state index contributed by atoms with van der Waals surface area (Å²) in [6.07, 6.45) is 4.49. The molecular formula is C25H28BF2N9O3. The van der Waals surface area contributed by atoms with Gasteiger partial charge in [-0.3, -0.25) is 19.5 Å². The summed E-state index contributed by atoms with van der Waals surface area (Å²) in [6, 6.07) is 0.465. The van der Waals surface area contributed by atoms with Crippen molar-refractivity contribution in [1.29, 1.82) is 0 Å². The van der Waals surface area contributed by atoms with Gasteiger partial charge in [-0.1, -0.05) is 0 Å². The fourth-order valence-electron chi connectivity index (χ4n) is 5.57. The van der Waals surface area contributed by atoms with Crippen molar-refractivity contribution in [2.75, 3.05) is 68.4 Å². The van der Waals surface area contributed by atoms with E-state index in [1.54, 1.807) is 4.90 Å². The van der Waals surface area contributed by atoms with Gasteiger partial charge >= 0.3 is 0 Å². The van der Waals surface area contributed by atoms with Crippen molar-refractivity contribution in [3.05, 3.63) is 35.8 Å². The lowest BCUT2D eigenvalue weighted by molar-refractivity contribution is -0.140. The number of amides is 2. The third-order valence-electron chi connectivity index (χ3n) is 7.89. The van der Waals surface area contributed by atoms with E-state index in [2.05, 4.69) is 25.3 Å². The van der Waals surface area contributed by atoms with Crippen LogP contribution in [0.1, 0.15) is 23.2 Å². The number of anilines is 3. The summed E-state index contributed by atoms with van der Waals surface area (Å²) < 4.78 is 35.2. The van der Waals surface area contributed by atoms with Crippen LogP contribution in [0.5, 0.6) is 0 Å². The Balaban J connectivity index is 1.13. The average molecular weight is 551 g/mol. The molecule has 3 aliphatic heterocycles. The summed E-state index contributed by atoms with van der Waals surface area (Å²) in [5.41, 5.74) is 5.62. The molecular weight excluding hydrogens is 523 g/mol. The van der Waals surface area contributed by atoms with Gasteiger partial charge in [0.15, 0.2) is 23.1 Å². The molecule has 0 aromatic carbocycles. The van der Waals surface area contributed by atoms with Gasteiger partial charge < -0.3 is 25.6 Å². The lowest BCUT2D eigenvalue weighted by atomic mass is 9.94. The minimum absolute atomic E-state index is 0.0407. The summed E-state index contributed by atoms with van der Waals surface area (Å²) >= 11 is 0. The molecule has 0 aliphatic carbocycles. The second-order valence-corrected chi connectivity index (χ2v) is 10.3. The molecule has 3 saturated heterocycles. The summed E-state index contributed by atoms with van der Waals surface area (Å²) in [5, 5.41) is 6.57. The molecule has 3 aliphatic rings. The molecule has 2 radical (unpaired) electrons. The second kappa shape index (κ2) is 10.6. The highest BCUT2D eigenvalue weighted by molar-refractivity contribution is 6.31. The Bertz CT molecular complexity index is 1450. The van der Waals surface area contributed by atoms with Gasteiger partial charge in [0.2, 0.25) is 5.91 Å². The molecule has 0 atom stereocenters. The van der Waals surface area contributed by atoms with E-state index >= 15 is 4.39 Å². The van der Waals surface area contributed by atoms with Crippen LogP contribution in [0.15, 0.2) is 18.6 Å². The van der Waals surface area contributed by atoms with E-state index in [0.717, 1.165) is 43.2 Å². The molecule has 6 heterocycles. The van der Waals surface area contributed by atoms with Crippen LogP contribution >= 0.6 is 0 Å². The highest BCUT2D eigenvalue weighted by Gasteiger charge is 2.34. The van der Waals surface area contributed by atoms with Crippen LogP contribution in [0.25, 0.3) is 5.65 Å². The number of nitrogens with two attached hydrogens (primary N) is 1. The predicted octanol–water partition coefficient (Wildman–Crippen LogP) is -0.210. The SMILES string of the molecule is [B]c1nc2c(C(=O)Nc3cncc(F)c3N3CCC(C(=O)N4CCN(C5COC5)CC4)CC3)c(N)nn2cc1F. The highest BCUT2D eigenvalue weighted by atomic mass is 19.1. The first kappa shape index (κ1) is 26.4. The standard InChI is InChI=1S/C25H28BF2N9O3/c26-21-17(28)11-37-23(32-21)19(22(29)33-37)24(38)31-18-10-30-9-16(27)20(18)35-3-1-14(2-4-35)25(39)36-7-5-34(6-8-36)15-12-40-13-15/h9-11,14-15H,1-8,12-13H2,(H2,29,33)(H,31,38). The van der Waals surface area contributed by atoms with Crippen molar-refractivity contribution in [1.82, 2.24) is 29.4 Å². The Morgan fingerprint density at radius 1 is 1.05 bits per heavy atom. The number of nitrogen functional groups attached to an aromatic ring is 1. The minimum Gasteiger partial charge on any atom is -0.381 e. The molecule has 0 saturated carbocycles. The summed E-state index contributed by atoms with van der Waals surface area (Å²) in [4.78, 5) is 40.3. The van der Waals surface area contributed by atoms with Crippen LogP contribution in [-0.4, -0.2) is 108 Å². The minimum atomic E-state index is -0.813. The summed E-state index contributed by atoms with van der Waals surface area (Å²) in [7, 11) is 5.56. The number of piperazine rings is 1. The van der Waals surface area contributed by atoms with Gasteiger partial charge in [0, 0.05) is 50.8 Å². The zero-order chi connectivity index (χ0) is 28.0. The largest absolute Gasteiger partial charge is 0.381 e. The highest BCUT2D eigenvalue weighted by Crippen LogP contribution is 2.33. The lowest BCUT2D eigenvalue weighted by Crippen LogP contribution is -2.58. The second-order valence-electron chi connectivity index (χ2n) is 10.3. The number of hydrogen-bond donors (Lipinski definition) is 2. The smallest absolute Gasteiger partial charge is 0.263 e. The normalized spacial score (nSPS) is 19.1. The summed E-state index contributed by atoms with van der Waals surface area (Å²) in [6.45, 7) is 5.47. The molecule has 12 nitrogen and oxygen atoms in total. The molecule has 15 heteroatoms. The number of aromatic nitrogens is 4. The van der Waals surface area contributed by atoms with Crippen molar-refractivity contribution in [2.24, 2.45) is 5.92 Å². The van der Waals surface area contributed by atoms with Gasteiger partial charge in [0.25, 0.3) is 5.91 Å². The Labute approximate surface area is 229 Å². The van der Waals surface area contributed by atoms with E-state index in [1.165, 1.54) is 6.20 Å². The van der Waals surface area contributed by atoms with Gasteiger partial charge in [-0.2, -0.15) is 0 Å². The number of nitrogens with one attached hydrogen (secondary N) is 1. The summed E-state index contributed by atoms with van der Waals surface area (Å²) in [5.74, 6) is -2.35. The maximum Gasteiger partial charge on any atom is 0.263 e. The number of carbonyl (C=O) groups excluding carboxylic acids is 2. The van der Waals surface area contributed by atoms with E-state index in [-0.39, 0.29) is 40.2 Å². The first-order valence-electron chi connectivity index (χ1n) is 13.2. The van der Waals surface area contributed by atoms with Gasteiger partial charge in [-0.25, -0.2) is 18.3 Å². The third kappa shape index (κ3) is 4.83. The Morgan fingerprint density at radius 2 is 1.77 bits per heavy atom. The Morgan fingerprint density at radius 3 is 2.45 bits per heavy atom. The molecule has 3 N–H and O–H groups in total. The van der Waals surface area contributed by atoms with Crippen molar-refractivity contribution < 1.29 is 23.1 Å². The molecule has 3 aromatic rings. The number of carbonyl (C=O) groups is 2. The molecule has 0 bridgehead atoms. The maximum absolute atomic E-state index is 15.1. The first-order chi connectivity index (χ1) is 19.3. The monoisotopic (exact) mass is 551 g/mol. The number of hydrogen-bond acceptors (Lipinski definition) is 9. The average Bonchev–Trinajstić information content (AvgIpc) is 3.22. The molecule has 3 fully saturated rings. The molecule has 0 spiro atoms. The van der Waals surface area contributed by atoms with Crippen LogP contribution in [0, 0.1) is 17.6 Å². The number of ether oxygens (including phenoxy) is 1. The zero-order valence-corrected chi connectivity index (χ0v) is 21.7. The number of halogens is 2. The van der Waals surface area contributed by atoms with Crippen molar-refractivity contribution in [3.63, 3.8) is 0 Å². The van der Waals surface area contributed by atoms with E-state index in [9.17, 15) is 14.0 Å². The van der Waals surface area contributed by atoms with Crippen LogP contribution in [0.3, 0.4) is 0 Å². The predicted molar refractivity (Wildman–Crippen MR) is 143 cm³/mol. The van der Waals surface area contributed by atoms with E-state index in [0.29, 0.717) is 45.1 Å². The van der Waals surface area contributed by atoms with Crippen LogP contribution in [-0.2, 0) is 9.53 Å². The molecule has 2 amide bonds. The molecule has 6 rings (SSSR count). The lowest BCUT2D eigenvalue weighted by Gasteiger charge is -2.43. The number of pyridine rings is 1. The zero-order valence-electron chi connectivity index (χ0n) is 21.7. The van der Waals surface area contributed by atoms with E-state index in [1.807, 2.05) is 4.90 Å². The Kier molecular flexibility index (Phi) is 7.00. The van der Waals surface area contributed by atoms with E-state index in [4.69, 9.17) is 18.3 Å². The molecule has 3 aromatic heterocycles. The number of piperidine rings is 1. The fourth-order valence-corrected chi connectivity index (χ4v) is 5.57.